The number of nitrogens with one attached hydrogen (secondary N) is 2. The molecular formula is C14H18N2O4. The van der Waals surface area contributed by atoms with Crippen LogP contribution in [0, 0.1) is 0 Å². The van der Waals surface area contributed by atoms with Gasteiger partial charge >= 0.3 is 0 Å². The third-order valence-corrected chi connectivity index (χ3v) is 2.90. The average molecular weight is 278 g/mol. The lowest BCUT2D eigenvalue weighted by Gasteiger charge is -2.09. The topological polar surface area (TPSA) is 76.7 Å². The molecule has 0 unspecified atom stereocenters. The maximum absolute atomic E-state index is 11.7. The highest BCUT2D eigenvalue weighted by Gasteiger charge is 2.14. The van der Waals surface area contributed by atoms with Crippen LogP contribution < -0.4 is 15.4 Å². The van der Waals surface area contributed by atoms with Crippen molar-refractivity contribution in [2.24, 2.45) is 0 Å². The van der Waals surface area contributed by atoms with Crippen LogP contribution in [-0.4, -0.2) is 38.7 Å². The van der Waals surface area contributed by atoms with Crippen molar-refractivity contribution >= 4 is 17.5 Å². The smallest absolute Gasteiger partial charge is 0.227 e. The van der Waals surface area contributed by atoms with Crippen molar-refractivity contribution in [3.05, 3.63) is 23.8 Å². The third-order valence-electron chi connectivity index (χ3n) is 2.90. The molecule has 6 nitrogen and oxygen atoms in total. The minimum absolute atomic E-state index is 0.0783. The molecule has 2 N–H and O–H groups in total. The maximum Gasteiger partial charge on any atom is 0.227 e. The van der Waals surface area contributed by atoms with Gasteiger partial charge in [0, 0.05) is 13.7 Å². The highest BCUT2D eigenvalue weighted by atomic mass is 16.5. The SMILES string of the molecule is COCCNC(=O)Cc1ccc2c(c1)NC(=O)CCO2. The standard InChI is InChI=1S/C14H18N2O4/c1-19-7-5-15-14(18)9-10-2-3-12-11(8-10)16-13(17)4-6-20-12/h2-3,8H,4-7,9H2,1H3,(H,15,18)(H,16,17). The molecule has 1 aliphatic rings. The summed E-state index contributed by atoms with van der Waals surface area (Å²) in [5.41, 5.74) is 1.44. The summed E-state index contributed by atoms with van der Waals surface area (Å²) in [4.78, 5) is 23.2. The van der Waals surface area contributed by atoms with Crippen molar-refractivity contribution in [3.8, 4) is 5.75 Å². The molecule has 0 aliphatic carbocycles. The van der Waals surface area contributed by atoms with Crippen LogP contribution in [0.4, 0.5) is 5.69 Å². The third kappa shape index (κ3) is 3.96. The Morgan fingerprint density at radius 3 is 3.15 bits per heavy atom. The first-order valence-corrected chi connectivity index (χ1v) is 6.50. The molecule has 0 fully saturated rings. The van der Waals surface area contributed by atoms with E-state index < -0.39 is 0 Å². The quantitative estimate of drug-likeness (QED) is 0.778. The van der Waals surface area contributed by atoms with Crippen LogP contribution in [-0.2, 0) is 20.7 Å². The molecule has 20 heavy (non-hydrogen) atoms. The van der Waals surface area contributed by atoms with Crippen molar-refractivity contribution < 1.29 is 19.1 Å². The molecule has 108 valence electrons. The second-order valence-corrected chi connectivity index (χ2v) is 4.50. The van der Waals surface area contributed by atoms with Gasteiger partial charge in [-0.3, -0.25) is 9.59 Å². The number of carbonyl (C=O) groups excluding carboxylic acids is 2. The van der Waals surface area contributed by atoms with Gasteiger partial charge in [0.1, 0.15) is 5.75 Å². The highest BCUT2D eigenvalue weighted by Crippen LogP contribution is 2.28. The Kier molecular flexibility index (Phi) is 4.95. The van der Waals surface area contributed by atoms with E-state index in [4.69, 9.17) is 9.47 Å². The fraction of sp³-hybridized carbons (Fsp3) is 0.429. The van der Waals surface area contributed by atoms with E-state index in [0.717, 1.165) is 5.56 Å². The fourth-order valence-corrected chi connectivity index (χ4v) is 1.92. The van der Waals surface area contributed by atoms with E-state index in [1.165, 1.54) is 0 Å². The van der Waals surface area contributed by atoms with Gasteiger partial charge in [-0.2, -0.15) is 0 Å². The number of ether oxygens (including phenoxy) is 2. The molecule has 0 bridgehead atoms. The van der Waals surface area contributed by atoms with E-state index in [1.54, 1.807) is 19.2 Å². The van der Waals surface area contributed by atoms with Gasteiger partial charge in [0.2, 0.25) is 11.8 Å². The van der Waals surface area contributed by atoms with Gasteiger partial charge in [-0.05, 0) is 17.7 Å². The lowest BCUT2D eigenvalue weighted by atomic mass is 10.1. The summed E-state index contributed by atoms with van der Waals surface area (Å²) in [5, 5.41) is 5.52. The summed E-state index contributed by atoms with van der Waals surface area (Å²) in [6.45, 7) is 1.34. The van der Waals surface area contributed by atoms with Gasteiger partial charge in [-0.1, -0.05) is 6.07 Å². The summed E-state index contributed by atoms with van der Waals surface area (Å²) in [5.74, 6) is 0.479. The summed E-state index contributed by atoms with van der Waals surface area (Å²) in [7, 11) is 1.58. The van der Waals surface area contributed by atoms with Crippen LogP contribution in [0.3, 0.4) is 0 Å². The first-order valence-electron chi connectivity index (χ1n) is 6.50. The van der Waals surface area contributed by atoms with Crippen LogP contribution in [0.1, 0.15) is 12.0 Å². The van der Waals surface area contributed by atoms with Gasteiger partial charge in [0.25, 0.3) is 0 Å². The van der Waals surface area contributed by atoms with Gasteiger partial charge in [0.15, 0.2) is 0 Å². The molecule has 1 aliphatic heterocycles. The van der Waals surface area contributed by atoms with Crippen LogP contribution in [0.5, 0.6) is 5.75 Å². The second kappa shape index (κ2) is 6.91. The molecule has 1 heterocycles. The number of hydrogen-bond donors (Lipinski definition) is 2. The molecular weight excluding hydrogens is 260 g/mol. The normalized spacial score (nSPS) is 13.8. The lowest BCUT2D eigenvalue weighted by molar-refractivity contribution is -0.120. The van der Waals surface area contributed by atoms with Gasteiger partial charge < -0.3 is 20.1 Å². The van der Waals surface area contributed by atoms with E-state index in [-0.39, 0.29) is 18.2 Å². The lowest BCUT2D eigenvalue weighted by Crippen LogP contribution is -2.28. The largest absolute Gasteiger partial charge is 0.491 e. The zero-order chi connectivity index (χ0) is 14.4. The molecule has 0 saturated heterocycles. The van der Waals surface area contributed by atoms with E-state index in [9.17, 15) is 9.59 Å². The van der Waals surface area contributed by atoms with E-state index in [1.807, 2.05) is 6.07 Å². The molecule has 2 amide bonds. The molecule has 6 heteroatoms. The number of benzene rings is 1. The van der Waals surface area contributed by atoms with E-state index in [2.05, 4.69) is 10.6 Å². The van der Waals surface area contributed by atoms with Gasteiger partial charge in [0.05, 0.1) is 31.7 Å². The summed E-state index contributed by atoms with van der Waals surface area (Å²) in [6, 6.07) is 5.37. The molecule has 1 aromatic rings. The van der Waals surface area contributed by atoms with Crippen molar-refractivity contribution in [2.45, 2.75) is 12.8 Å². The van der Waals surface area contributed by atoms with Crippen molar-refractivity contribution in [2.75, 3.05) is 32.2 Å². The van der Waals surface area contributed by atoms with E-state index >= 15 is 0 Å². The molecule has 0 saturated carbocycles. The second-order valence-electron chi connectivity index (χ2n) is 4.50. The minimum Gasteiger partial charge on any atom is -0.491 e. The predicted octanol–water partition coefficient (Wildman–Crippen LogP) is 0.713. The fourth-order valence-electron chi connectivity index (χ4n) is 1.92. The first kappa shape index (κ1) is 14.3. The molecule has 0 aromatic heterocycles. The Balaban J connectivity index is 1.99. The predicted molar refractivity (Wildman–Crippen MR) is 73.8 cm³/mol. The summed E-state index contributed by atoms with van der Waals surface area (Å²) < 4.78 is 10.3. The Morgan fingerprint density at radius 1 is 1.50 bits per heavy atom. The number of carbonyl (C=O) groups is 2. The summed E-state index contributed by atoms with van der Waals surface area (Å²) in [6.07, 6.45) is 0.592. The Morgan fingerprint density at radius 2 is 2.35 bits per heavy atom. The van der Waals surface area contributed by atoms with Gasteiger partial charge in [-0.15, -0.1) is 0 Å². The number of methoxy groups -OCH3 is 1. The molecule has 2 rings (SSSR count). The zero-order valence-corrected chi connectivity index (χ0v) is 11.4. The van der Waals surface area contributed by atoms with Crippen LogP contribution in [0.15, 0.2) is 18.2 Å². The van der Waals surface area contributed by atoms with Crippen molar-refractivity contribution in [1.29, 1.82) is 0 Å². The summed E-state index contributed by atoms with van der Waals surface area (Å²) >= 11 is 0. The molecule has 0 radical (unpaired) electrons. The average Bonchev–Trinajstić information content (AvgIpc) is 2.59. The van der Waals surface area contributed by atoms with Gasteiger partial charge in [-0.25, -0.2) is 0 Å². The highest BCUT2D eigenvalue weighted by molar-refractivity contribution is 5.93. The van der Waals surface area contributed by atoms with Crippen LogP contribution in [0.25, 0.3) is 0 Å². The number of anilines is 1. The minimum atomic E-state index is -0.0807. The van der Waals surface area contributed by atoms with Crippen molar-refractivity contribution in [1.82, 2.24) is 5.32 Å². The Labute approximate surface area is 117 Å². The Bertz CT molecular complexity index is 502. The molecule has 0 atom stereocenters. The molecule has 0 spiro atoms. The zero-order valence-electron chi connectivity index (χ0n) is 11.4. The van der Waals surface area contributed by atoms with Crippen molar-refractivity contribution in [3.63, 3.8) is 0 Å². The number of amides is 2. The molecule has 1 aromatic carbocycles. The number of hydrogen-bond acceptors (Lipinski definition) is 4. The number of rotatable bonds is 5. The van der Waals surface area contributed by atoms with Crippen LogP contribution in [0.2, 0.25) is 0 Å². The van der Waals surface area contributed by atoms with Crippen LogP contribution >= 0.6 is 0 Å². The first-order chi connectivity index (χ1) is 9.69. The number of fused-ring (bicyclic) bond motifs is 1. The maximum atomic E-state index is 11.7. The van der Waals surface area contributed by atoms with E-state index in [0.29, 0.717) is 37.6 Å². The Hall–Kier alpha value is -2.08. The monoisotopic (exact) mass is 278 g/mol.